The summed E-state index contributed by atoms with van der Waals surface area (Å²) in [7, 11) is -4.80. The number of phenols is 1. The zero-order valence-corrected chi connectivity index (χ0v) is 8.02. The molecule has 0 aliphatic heterocycles. The lowest BCUT2D eigenvalue weighted by atomic mass is 10.2. The molecule has 0 aliphatic rings. The lowest BCUT2D eigenvalue weighted by molar-refractivity contribution is 0.0689. The van der Waals surface area contributed by atoms with Crippen molar-refractivity contribution in [2.45, 2.75) is 4.90 Å². The van der Waals surface area contributed by atoms with E-state index in [9.17, 15) is 13.2 Å². The fourth-order valence-electron chi connectivity index (χ4n) is 1.07. The number of nitrogens with two attached hydrogens (primary N) is 1. The minimum absolute atomic E-state index is 0.451. The zero-order chi connectivity index (χ0) is 11.8. The standard InChI is InChI=1S/C7H7NO6S/c8-3-1-2-4(9)5(7(10)11)6(3)15(12,13)14/h1-2,9H,8H2,(H,10,11)(H,12,13,14). The monoisotopic (exact) mass is 233 g/mol. The number of aromatic carboxylic acids is 1. The maximum Gasteiger partial charge on any atom is 0.340 e. The third kappa shape index (κ3) is 2.00. The zero-order valence-electron chi connectivity index (χ0n) is 7.21. The van der Waals surface area contributed by atoms with Crippen LogP contribution >= 0.6 is 0 Å². The second-order valence-corrected chi connectivity index (χ2v) is 4.02. The lowest BCUT2D eigenvalue weighted by Gasteiger charge is -2.07. The van der Waals surface area contributed by atoms with Crippen LogP contribution < -0.4 is 5.73 Å². The van der Waals surface area contributed by atoms with Crippen molar-refractivity contribution in [2.75, 3.05) is 5.73 Å². The fraction of sp³-hybridized carbons (Fsp3) is 0. The smallest absolute Gasteiger partial charge is 0.340 e. The van der Waals surface area contributed by atoms with Crippen molar-refractivity contribution in [3.05, 3.63) is 17.7 Å². The molecule has 82 valence electrons. The predicted octanol–water partition coefficient (Wildman–Crippen LogP) is -0.0807. The van der Waals surface area contributed by atoms with Crippen LogP contribution in [0.3, 0.4) is 0 Å². The van der Waals surface area contributed by atoms with Crippen LogP contribution in [0.2, 0.25) is 0 Å². The summed E-state index contributed by atoms with van der Waals surface area (Å²) in [5.41, 5.74) is 3.80. The molecule has 0 unspecified atom stereocenters. The van der Waals surface area contributed by atoms with Gasteiger partial charge in [0, 0.05) is 0 Å². The summed E-state index contributed by atoms with van der Waals surface area (Å²) >= 11 is 0. The first-order valence-corrected chi connectivity index (χ1v) is 5.01. The highest BCUT2D eigenvalue weighted by Crippen LogP contribution is 2.29. The molecule has 1 aromatic rings. The van der Waals surface area contributed by atoms with E-state index >= 15 is 0 Å². The molecule has 15 heavy (non-hydrogen) atoms. The summed E-state index contributed by atoms with van der Waals surface area (Å²) in [5, 5.41) is 17.8. The summed E-state index contributed by atoms with van der Waals surface area (Å²) in [5.74, 6) is -2.49. The van der Waals surface area contributed by atoms with E-state index in [1.807, 2.05) is 0 Å². The van der Waals surface area contributed by atoms with Crippen molar-refractivity contribution in [2.24, 2.45) is 0 Å². The maximum absolute atomic E-state index is 10.8. The Morgan fingerprint density at radius 3 is 2.20 bits per heavy atom. The molecule has 1 rings (SSSR count). The van der Waals surface area contributed by atoms with Gasteiger partial charge in [0.2, 0.25) is 0 Å². The molecule has 0 heterocycles. The Balaban J connectivity index is 3.76. The van der Waals surface area contributed by atoms with Gasteiger partial charge in [0.15, 0.2) is 0 Å². The van der Waals surface area contributed by atoms with Crippen LogP contribution in [-0.4, -0.2) is 29.2 Å². The molecule has 0 atom stereocenters. The van der Waals surface area contributed by atoms with Gasteiger partial charge < -0.3 is 15.9 Å². The van der Waals surface area contributed by atoms with Gasteiger partial charge in [-0.2, -0.15) is 8.42 Å². The number of hydrogen-bond donors (Lipinski definition) is 4. The molecular weight excluding hydrogens is 226 g/mol. The summed E-state index contributed by atoms with van der Waals surface area (Å²) < 4.78 is 30.4. The first kappa shape index (κ1) is 11.3. The molecule has 0 fully saturated rings. The number of nitrogen functional groups attached to an aromatic ring is 1. The molecule has 7 nitrogen and oxygen atoms in total. The third-order valence-electron chi connectivity index (χ3n) is 1.64. The molecule has 0 spiro atoms. The van der Waals surface area contributed by atoms with E-state index in [4.69, 9.17) is 20.5 Å². The molecule has 0 radical (unpaired) electrons. The van der Waals surface area contributed by atoms with E-state index in [2.05, 4.69) is 0 Å². The van der Waals surface area contributed by atoms with Crippen LogP contribution in [0, 0.1) is 0 Å². The highest BCUT2D eigenvalue weighted by Gasteiger charge is 2.26. The average molecular weight is 233 g/mol. The van der Waals surface area contributed by atoms with Crippen LogP contribution in [-0.2, 0) is 10.1 Å². The van der Waals surface area contributed by atoms with Gasteiger partial charge in [-0.05, 0) is 12.1 Å². The lowest BCUT2D eigenvalue weighted by Crippen LogP contribution is -2.11. The van der Waals surface area contributed by atoms with Gasteiger partial charge in [0.25, 0.3) is 10.1 Å². The van der Waals surface area contributed by atoms with Crippen molar-refractivity contribution in [3.8, 4) is 5.75 Å². The Morgan fingerprint density at radius 2 is 1.87 bits per heavy atom. The third-order valence-corrected chi connectivity index (χ3v) is 2.59. The summed E-state index contributed by atoms with van der Waals surface area (Å²) in [6.07, 6.45) is 0. The van der Waals surface area contributed by atoms with Gasteiger partial charge in [0.05, 0.1) is 5.69 Å². The van der Waals surface area contributed by atoms with Crippen LogP contribution in [0.1, 0.15) is 10.4 Å². The van der Waals surface area contributed by atoms with Crippen molar-refractivity contribution in [1.82, 2.24) is 0 Å². The van der Waals surface area contributed by atoms with E-state index in [1.165, 1.54) is 0 Å². The number of benzene rings is 1. The van der Waals surface area contributed by atoms with Gasteiger partial charge in [-0.15, -0.1) is 0 Å². The van der Waals surface area contributed by atoms with Crippen molar-refractivity contribution < 1.29 is 28.0 Å². The highest BCUT2D eigenvalue weighted by atomic mass is 32.2. The highest BCUT2D eigenvalue weighted by molar-refractivity contribution is 7.86. The quantitative estimate of drug-likeness (QED) is 0.318. The minimum Gasteiger partial charge on any atom is -0.507 e. The Hall–Kier alpha value is -1.80. The number of anilines is 1. The SMILES string of the molecule is Nc1ccc(O)c(C(=O)O)c1S(=O)(=O)O. The van der Waals surface area contributed by atoms with Gasteiger partial charge in [-0.3, -0.25) is 4.55 Å². The molecule has 5 N–H and O–H groups in total. The van der Waals surface area contributed by atoms with Gasteiger partial charge in [0.1, 0.15) is 16.2 Å². The molecule has 0 aromatic heterocycles. The average Bonchev–Trinajstić information content (AvgIpc) is 2.05. The molecule has 1 aromatic carbocycles. The van der Waals surface area contributed by atoms with Gasteiger partial charge in [-0.1, -0.05) is 0 Å². The summed E-state index contributed by atoms with van der Waals surface area (Å²) in [4.78, 5) is 9.65. The van der Waals surface area contributed by atoms with Gasteiger partial charge in [-0.25, -0.2) is 4.79 Å². The van der Waals surface area contributed by atoms with E-state index < -0.39 is 38.0 Å². The second kappa shape index (κ2) is 3.41. The van der Waals surface area contributed by atoms with Crippen molar-refractivity contribution >= 4 is 21.8 Å². The van der Waals surface area contributed by atoms with Crippen LogP contribution in [0.25, 0.3) is 0 Å². The molecule has 8 heteroatoms. The number of carbonyl (C=O) groups is 1. The molecular formula is C7H7NO6S. The Labute approximate surface area is 84.5 Å². The van der Waals surface area contributed by atoms with Crippen LogP contribution in [0.15, 0.2) is 17.0 Å². The molecule has 0 saturated heterocycles. The van der Waals surface area contributed by atoms with Crippen molar-refractivity contribution in [1.29, 1.82) is 0 Å². The fourth-order valence-corrected chi connectivity index (χ4v) is 1.89. The summed E-state index contributed by atoms with van der Waals surface area (Å²) in [6.45, 7) is 0. The Kier molecular flexibility index (Phi) is 2.56. The van der Waals surface area contributed by atoms with E-state index in [0.29, 0.717) is 0 Å². The van der Waals surface area contributed by atoms with E-state index in [1.54, 1.807) is 0 Å². The summed E-state index contributed by atoms with van der Waals surface area (Å²) in [6, 6.07) is 1.90. The molecule has 0 amide bonds. The number of rotatable bonds is 2. The van der Waals surface area contributed by atoms with Crippen molar-refractivity contribution in [3.63, 3.8) is 0 Å². The first-order chi connectivity index (χ1) is 6.75. The molecule has 0 aliphatic carbocycles. The normalized spacial score (nSPS) is 11.3. The number of aromatic hydroxyl groups is 1. The number of carboxylic acid groups (broad SMARTS) is 1. The van der Waals surface area contributed by atoms with Crippen LogP contribution in [0.4, 0.5) is 5.69 Å². The Bertz CT molecular complexity index is 521. The van der Waals surface area contributed by atoms with E-state index in [0.717, 1.165) is 12.1 Å². The predicted molar refractivity (Wildman–Crippen MR) is 49.3 cm³/mol. The Morgan fingerprint density at radius 1 is 1.33 bits per heavy atom. The topological polar surface area (TPSA) is 138 Å². The number of hydrogen-bond acceptors (Lipinski definition) is 5. The molecule has 0 saturated carbocycles. The van der Waals surface area contributed by atoms with Gasteiger partial charge >= 0.3 is 5.97 Å². The first-order valence-electron chi connectivity index (χ1n) is 3.57. The van der Waals surface area contributed by atoms with Crippen LogP contribution in [0.5, 0.6) is 5.75 Å². The second-order valence-electron chi connectivity index (χ2n) is 2.66. The van der Waals surface area contributed by atoms with E-state index in [-0.39, 0.29) is 0 Å². The minimum atomic E-state index is -4.80. The largest absolute Gasteiger partial charge is 0.507 e. The maximum atomic E-state index is 10.8. The molecule has 0 bridgehead atoms. The number of carboxylic acids is 1.